The van der Waals surface area contributed by atoms with Crippen LogP contribution in [-0.4, -0.2) is 42.8 Å². The van der Waals surface area contributed by atoms with E-state index in [0.717, 1.165) is 26.1 Å². The molecule has 100 valence electrons. The topological polar surface area (TPSA) is 38.5 Å². The van der Waals surface area contributed by atoms with Gasteiger partial charge in [-0.3, -0.25) is 4.90 Å². The van der Waals surface area contributed by atoms with E-state index in [1.807, 2.05) is 0 Å². The second kappa shape index (κ2) is 5.25. The average molecular weight is 240 g/mol. The van der Waals surface area contributed by atoms with Crippen molar-refractivity contribution in [1.82, 2.24) is 4.90 Å². The highest BCUT2D eigenvalue weighted by Crippen LogP contribution is 2.36. The molecule has 1 saturated heterocycles. The molecule has 1 aliphatic carbocycles. The molecule has 0 bridgehead atoms. The van der Waals surface area contributed by atoms with E-state index in [2.05, 4.69) is 25.7 Å². The molecule has 2 fully saturated rings. The Kier molecular flexibility index (Phi) is 4.11. The Morgan fingerprint density at radius 2 is 2.06 bits per heavy atom. The second-order valence-corrected chi connectivity index (χ2v) is 6.50. The molecular weight excluding hydrogens is 212 g/mol. The maximum absolute atomic E-state index is 6.50. The van der Waals surface area contributed by atoms with Crippen molar-refractivity contribution in [1.29, 1.82) is 0 Å². The van der Waals surface area contributed by atoms with Crippen LogP contribution in [-0.2, 0) is 4.74 Å². The van der Waals surface area contributed by atoms with Gasteiger partial charge in [0, 0.05) is 31.8 Å². The van der Waals surface area contributed by atoms with Crippen LogP contribution in [0, 0.1) is 5.41 Å². The predicted octanol–water partition coefficient (Wildman–Crippen LogP) is 2.00. The lowest BCUT2D eigenvalue weighted by molar-refractivity contribution is 0.0342. The van der Waals surface area contributed by atoms with Crippen LogP contribution >= 0.6 is 0 Å². The van der Waals surface area contributed by atoms with Crippen molar-refractivity contribution in [2.24, 2.45) is 11.1 Å². The van der Waals surface area contributed by atoms with E-state index in [4.69, 9.17) is 10.5 Å². The normalized spacial score (nSPS) is 39.9. The molecule has 1 saturated carbocycles. The molecule has 0 spiro atoms. The van der Waals surface area contributed by atoms with Crippen molar-refractivity contribution in [3.8, 4) is 0 Å². The minimum absolute atomic E-state index is 0.291. The smallest absolute Gasteiger partial charge is 0.0674 e. The molecule has 0 amide bonds. The number of hydrogen-bond acceptors (Lipinski definition) is 3. The van der Waals surface area contributed by atoms with Gasteiger partial charge in [-0.1, -0.05) is 20.3 Å². The Morgan fingerprint density at radius 3 is 2.82 bits per heavy atom. The van der Waals surface area contributed by atoms with Gasteiger partial charge in [0.2, 0.25) is 0 Å². The summed E-state index contributed by atoms with van der Waals surface area (Å²) in [5, 5.41) is 0. The molecule has 0 radical (unpaired) electrons. The van der Waals surface area contributed by atoms with E-state index >= 15 is 0 Å². The molecule has 2 rings (SSSR count). The van der Waals surface area contributed by atoms with Gasteiger partial charge in [-0.15, -0.1) is 0 Å². The zero-order valence-corrected chi connectivity index (χ0v) is 11.6. The molecule has 3 unspecified atom stereocenters. The van der Waals surface area contributed by atoms with E-state index in [9.17, 15) is 0 Å². The molecule has 3 atom stereocenters. The van der Waals surface area contributed by atoms with Crippen LogP contribution in [0.15, 0.2) is 0 Å². The van der Waals surface area contributed by atoms with Gasteiger partial charge >= 0.3 is 0 Å². The van der Waals surface area contributed by atoms with Crippen LogP contribution < -0.4 is 5.73 Å². The standard InChI is InChI=1S/C14H28N2O/c1-11-10-16(8-5-9-17-11)12-6-4-7-14(2,3)13(12)15/h11-13H,4-10,15H2,1-3H3. The van der Waals surface area contributed by atoms with Crippen LogP contribution in [0.5, 0.6) is 0 Å². The van der Waals surface area contributed by atoms with Gasteiger partial charge in [0.05, 0.1) is 6.10 Å². The van der Waals surface area contributed by atoms with Crippen LogP contribution in [0.3, 0.4) is 0 Å². The molecule has 1 aliphatic heterocycles. The van der Waals surface area contributed by atoms with Gasteiger partial charge in [-0.25, -0.2) is 0 Å². The van der Waals surface area contributed by atoms with E-state index in [1.165, 1.54) is 19.3 Å². The number of ether oxygens (including phenoxy) is 1. The van der Waals surface area contributed by atoms with Crippen molar-refractivity contribution in [3.05, 3.63) is 0 Å². The third-order valence-corrected chi connectivity index (χ3v) is 4.59. The molecule has 17 heavy (non-hydrogen) atoms. The van der Waals surface area contributed by atoms with Crippen LogP contribution in [0.2, 0.25) is 0 Å². The Morgan fingerprint density at radius 1 is 1.29 bits per heavy atom. The van der Waals surface area contributed by atoms with Crippen molar-refractivity contribution >= 4 is 0 Å². The zero-order valence-electron chi connectivity index (χ0n) is 11.6. The van der Waals surface area contributed by atoms with Gasteiger partial charge in [0.25, 0.3) is 0 Å². The molecule has 3 heteroatoms. The maximum atomic E-state index is 6.50. The van der Waals surface area contributed by atoms with E-state index in [0.29, 0.717) is 23.6 Å². The summed E-state index contributed by atoms with van der Waals surface area (Å²) in [5.74, 6) is 0. The molecule has 2 aliphatic rings. The minimum Gasteiger partial charge on any atom is -0.377 e. The summed E-state index contributed by atoms with van der Waals surface area (Å²) in [6, 6.07) is 0.865. The first-order valence-electron chi connectivity index (χ1n) is 7.12. The largest absolute Gasteiger partial charge is 0.377 e. The summed E-state index contributed by atoms with van der Waals surface area (Å²) in [7, 11) is 0. The SMILES string of the molecule is CC1CN(C2CCCC(C)(C)C2N)CCCO1. The van der Waals surface area contributed by atoms with Gasteiger partial charge in [0.1, 0.15) is 0 Å². The summed E-state index contributed by atoms with van der Waals surface area (Å²) < 4.78 is 5.73. The minimum atomic E-state index is 0.291. The average Bonchev–Trinajstić information content (AvgIpc) is 2.47. The summed E-state index contributed by atoms with van der Waals surface area (Å²) in [4.78, 5) is 2.59. The highest BCUT2D eigenvalue weighted by atomic mass is 16.5. The predicted molar refractivity (Wildman–Crippen MR) is 71.0 cm³/mol. The lowest BCUT2D eigenvalue weighted by Crippen LogP contribution is -2.57. The van der Waals surface area contributed by atoms with E-state index < -0.39 is 0 Å². The van der Waals surface area contributed by atoms with Crippen LogP contribution in [0.1, 0.15) is 46.5 Å². The number of rotatable bonds is 1. The molecule has 3 nitrogen and oxygen atoms in total. The van der Waals surface area contributed by atoms with Gasteiger partial charge in [-0.05, 0) is 31.6 Å². The Balaban J connectivity index is 2.04. The molecule has 2 N–H and O–H groups in total. The summed E-state index contributed by atoms with van der Waals surface area (Å²) >= 11 is 0. The first-order valence-corrected chi connectivity index (χ1v) is 7.12. The van der Waals surface area contributed by atoms with Crippen molar-refractivity contribution in [3.63, 3.8) is 0 Å². The number of hydrogen-bond donors (Lipinski definition) is 1. The first kappa shape index (κ1) is 13.3. The van der Waals surface area contributed by atoms with Gasteiger partial charge < -0.3 is 10.5 Å². The number of nitrogens with two attached hydrogens (primary N) is 1. The Bertz CT molecular complexity index is 255. The van der Waals surface area contributed by atoms with Crippen LogP contribution in [0.4, 0.5) is 0 Å². The monoisotopic (exact) mass is 240 g/mol. The lowest BCUT2D eigenvalue weighted by Gasteiger charge is -2.46. The Labute approximate surface area is 106 Å². The molecular formula is C14H28N2O. The van der Waals surface area contributed by atoms with Crippen molar-refractivity contribution in [2.45, 2.75) is 64.6 Å². The quantitative estimate of drug-likeness (QED) is 0.762. The molecule has 1 heterocycles. The van der Waals surface area contributed by atoms with Crippen molar-refractivity contribution < 1.29 is 4.74 Å². The van der Waals surface area contributed by atoms with Gasteiger partial charge in [-0.2, -0.15) is 0 Å². The highest BCUT2D eigenvalue weighted by molar-refractivity contribution is 4.96. The second-order valence-electron chi connectivity index (χ2n) is 6.50. The lowest BCUT2D eigenvalue weighted by atomic mass is 9.70. The summed E-state index contributed by atoms with van der Waals surface area (Å²) in [6.45, 7) is 9.93. The number of nitrogens with zero attached hydrogens (tertiary/aromatic N) is 1. The summed E-state index contributed by atoms with van der Waals surface area (Å²) in [5.41, 5.74) is 6.79. The molecule has 0 aromatic rings. The molecule has 0 aromatic carbocycles. The summed E-state index contributed by atoms with van der Waals surface area (Å²) in [6.07, 6.45) is 5.35. The fraction of sp³-hybridized carbons (Fsp3) is 1.00. The van der Waals surface area contributed by atoms with E-state index in [-0.39, 0.29) is 0 Å². The van der Waals surface area contributed by atoms with Crippen molar-refractivity contribution in [2.75, 3.05) is 19.7 Å². The third kappa shape index (κ3) is 3.01. The Hall–Kier alpha value is -0.120. The van der Waals surface area contributed by atoms with Crippen LogP contribution in [0.25, 0.3) is 0 Å². The van der Waals surface area contributed by atoms with E-state index in [1.54, 1.807) is 0 Å². The van der Waals surface area contributed by atoms with Gasteiger partial charge in [0.15, 0.2) is 0 Å². The molecule has 0 aromatic heterocycles. The first-order chi connectivity index (χ1) is 8.00. The zero-order chi connectivity index (χ0) is 12.5. The maximum Gasteiger partial charge on any atom is 0.0674 e. The fourth-order valence-corrected chi connectivity index (χ4v) is 3.37. The third-order valence-electron chi connectivity index (χ3n) is 4.59. The fourth-order valence-electron chi connectivity index (χ4n) is 3.37. The highest BCUT2D eigenvalue weighted by Gasteiger charge is 2.39.